The van der Waals surface area contributed by atoms with E-state index in [4.69, 9.17) is 14.1 Å². The van der Waals surface area contributed by atoms with E-state index in [0.29, 0.717) is 25.2 Å². The van der Waals surface area contributed by atoms with E-state index in [1.807, 2.05) is 12.1 Å². The summed E-state index contributed by atoms with van der Waals surface area (Å²) in [4.78, 5) is 7.43. The van der Waals surface area contributed by atoms with Gasteiger partial charge in [-0.15, -0.1) is 0 Å². The summed E-state index contributed by atoms with van der Waals surface area (Å²) in [6.45, 7) is 12.9. The first-order chi connectivity index (χ1) is 12.7. The first kappa shape index (κ1) is 20.8. The molecule has 2 N–H and O–H groups in total. The number of rotatable bonds is 11. The van der Waals surface area contributed by atoms with E-state index in [2.05, 4.69) is 36.3 Å². The van der Waals surface area contributed by atoms with E-state index >= 15 is 0 Å². The average molecular weight is 365 g/mol. The summed E-state index contributed by atoms with van der Waals surface area (Å²) in [5.74, 6) is 2.40. The molecule has 0 saturated carbocycles. The summed E-state index contributed by atoms with van der Waals surface area (Å²) in [5, 5.41) is 6.76. The largest absolute Gasteiger partial charge is 0.467 e. The van der Waals surface area contributed by atoms with Crippen LogP contribution in [0, 0.1) is 5.92 Å². The van der Waals surface area contributed by atoms with Crippen molar-refractivity contribution in [3.8, 4) is 0 Å². The van der Waals surface area contributed by atoms with Crippen LogP contribution >= 0.6 is 0 Å². The van der Waals surface area contributed by atoms with E-state index < -0.39 is 0 Å². The van der Waals surface area contributed by atoms with Gasteiger partial charge in [-0.3, -0.25) is 9.89 Å². The molecule has 0 spiro atoms. The van der Waals surface area contributed by atoms with Gasteiger partial charge in [0.2, 0.25) is 0 Å². The first-order valence-corrected chi connectivity index (χ1v) is 10.1. The van der Waals surface area contributed by atoms with Crippen LogP contribution in [0.15, 0.2) is 27.8 Å². The fraction of sp³-hybridized carbons (Fsp3) is 0.750. The molecule has 1 fully saturated rings. The standard InChI is InChI=1S/C20H36N4O2/c1-4-21-20(22-10-8-13-25-16-18-9-7-14-26-18)23-15-19(17(2)3)24-11-5-6-12-24/h7,9,14,17,19H,4-6,8,10-13,15-16H2,1-3H3,(H2,21,22,23). The number of likely N-dealkylation sites (tertiary alicyclic amines) is 1. The van der Waals surface area contributed by atoms with Crippen molar-refractivity contribution >= 4 is 5.96 Å². The molecule has 0 amide bonds. The smallest absolute Gasteiger partial charge is 0.191 e. The number of hydrogen-bond donors (Lipinski definition) is 2. The highest BCUT2D eigenvalue weighted by Gasteiger charge is 2.24. The number of guanidine groups is 1. The summed E-state index contributed by atoms with van der Waals surface area (Å²) in [5.41, 5.74) is 0. The maximum absolute atomic E-state index is 5.62. The molecule has 2 heterocycles. The zero-order valence-corrected chi connectivity index (χ0v) is 16.7. The van der Waals surface area contributed by atoms with Gasteiger partial charge in [-0.1, -0.05) is 13.8 Å². The number of aliphatic imine (C=N–C) groups is 1. The Bertz CT molecular complexity index is 496. The summed E-state index contributed by atoms with van der Waals surface area (Å²) in [7, 11) is 0. The molecule has 6 nitrogen and oxygen atoms in total. The molecule has 1 atom stereocenters. The van der Waals surface area contributed by atoms with Gasteiger partial charge in [0.15, 0.2) is 5.96 Å². The lowest BCUT2D eigenvalue weighted by atomic mass is 10.0. The van der Waals surface area contributed by atoms with Crippen molar-refractivity contribution in [1.29, 1.82) is 0 Å². The van der Waals surface area contributed by atoms with Gasteiger partial charge in [0.05, 0.1) is 12.8 Å². The summed E-state index contributed by atoms with van der Waals surface area (Å²) >= 11 is 0. The Balaban J connectivity index is 1.69. The van der Waals surface area contributed by atoms with E-state index in [9.17, 15) is 0 Å². The van der Waals surface area contributed by atoms with Gasteiger partial charge < -0.3 is 19.8 Å². The molecule has 1 aliphatic rings. The van der Waals surface area contributed by atoms with Gasteiger partial charge in [0.1, 0.15) is 12.4 Å². The highest BCUT2D eigenvalue weighted by molar-refractivity contribution is 5.79. The van der Waals surface area contributed by atoms with Crippen molar-refractivity contribution in [2.24, 2.45) is 10.9 Å². The minimum Gasteiger partial charge on any atom is -0.467 e. The number of ether oxygens (including phenoxy) is 1. The lowest BCUT2D eigenvalue weighted by Gasteiger charge is -2.29. The third kappa shape index (κ3) is 7.38. The summed E-state index contributed by atoms with van der Waals surface area (Å²) in [6, 6.07) is 4.34. The van der Waals surface area contributed by atoms with Gasteiger partial charge in [-0.05, 0) is 57.3 Å². The molecule has 148 valence electrons. The molecule has 0 aromatic carbocycles. The van der Waals surface area contributed by atoms with Gasteiger partial charge in [0, 0.05) is 25.7 Å². The molecule has 1 unspecified atom stereocenters. The minimum absolute atomic E-state index is 0.532. The van der Waals surface area contributed by atoms with Crippen LogP contribution in [-0.4, -0.2) is 56.2 Å². The van der Waals surface area contributed by atoms with Crippen LogP contribution in [0.25, 0.3) is 0 Å². The number of nitrogens with zero attached hydrogens (tertiary/aromatic N) is 2. The molecule has 26 heavy (non-hydrogen) atoms. The monoisotopic (exact) mass is 364 g/mol. The van der Waals surface area contributed by atoms with Crippen LogP contribution in [-0.2, 0) is 11.3 Å². The molecule has 1 aromatic heterocycles. The Morgan fingerprint density at radius 3 is 2.77 bits per heavy atom. The molecule has 0 aliphatic carbocycles. The highest BCUT2D eigenvalue weighted by Crippen LogP contribution is 2.17. The van der Waals surface area contributed by atoms with Gasteiger partial charge in [-0.2, -0.15) is 0 Å². The maximum atomic E-state index is 5.62. The van der Waals surface area contributed by atoms with Crippen molar-refractivity contribution in [2.45, 2.75) is 52.7 Å². The van der Waals surface area contributed by atoms with Crippen LogP contribution in [0.3, 0.4) is 0 Å². The Hall–Kier alpha value is -1.53. The van der Waals surface area contributed by atoms with Crippen molar-refractivity contribution in [3.63, 3.8) is 0 Å². The minimum atomic E-state index is 0.532. The molecule has 0 radical (unpaired) electrons. The van der Waals surface area contributed by atoms with Crippen LogP contribution in [0.2, 0.25) is 0 Å². The number of hydrogen-bond acceptors (Lipinski definition) is 4. The SMILES string of the molecule is CCNC(=NCC(C(C)C)N1CCCC1)NCCCOCc1ccco1. The third-order valence-corrected chi connectivity index (χ3v) is 4.74. The molecular formula is C20H36N4O2. The Morgan fingerprint density at radius 1 is 1.31 bits per heavy atom. The molecule has 1 aromatic rings. The first-order valence-electron chi connectivity index (χ1n) is 10.1. The van der Waals surface area contributed by atoms with Gasteiger partial charge >= 0.3 is 0 Å². The molecule has 1 aliphatic heterocycles. The van der Waals surface area contributed by atoms with Crippen LogP contribution in [0.1, 0.15) is 45.8 Å². The highest BCUT2D eigenvalue weighted by atomic mass is 16.5. The zero-order chi connectivity index (χ0) is 18.6. The summed E-state index contributed by atoms with van der Waals surface area (Å²) in [6.07, 6.45) is 5.25. The predicted octanol–water partition coefficient (Wildman–Crippen LogP) is 2.86. The van der Waals surface area contributed by atoms with Crippen molar-refractivity contribution < 1.29 is 9.15 Å². The van der Waals surface area contributed by atoms with Gasteiger partial charge in [0.25, 0.3) is 0 Å². The normalized spacial score (nSPS) is 17.0. The van der Waals surface area contributed by atoms with E-state index in [0.717, 1.165) is 37.8 Å². The van der Waals surface area contributed by atoms with Gasteiger partial charge in [-0.25, -0.2) is 0 Å². The second-order valence-corrected chi connectivity index (χ2v) is 7.19. The van der Waals surface area contributed by atoms with Crippen molar-refractivity contribution in [2.75, 3.05) is 39.3 Å². The molecular weight excluding hydrogens is 328 g/mol. The third-order valence-electron chi connectivity index (χ3n) is 4.74. The summed E-state index contributed by atoms with van der Waals surface area (Å²) < 4.78 is 10.9. The molecule has 1 saturated heterocycles. The predicted molar refractivity (Wildman–Crippen MR) is 106 cm³/mol. The van der Waals surface area contributed by atoms with E-state index in [1.54, 1.807) is 6.26 Å². The van der Waals surface area contributed by atoms with Crippen molar-refractivity contribution in [1.82, 2.24) is 15.5 Å². The number of furan rings is 1. The van der Waals surface area contributed by atoms with Crippen LogP contribution in [0.4, 0.5) is 0 Å². The van der Waals surface area contributed by atoms with Crippen molar-refractivity contribution in [3.05, 3.63) is 24.2 Å². The fourth-order valence-electron chi connectivity index (χ4n) is 3.30. The second kappa shape index (κ2) is 12.0. The van der Waals surface area contributed by atoms with E-state index in [-0.39, 0.29) is 0 Å². The second-order valence-electron chi connectivity index (χ2n) is 7.19. The quantitative estimate of drug-likeness (QED) is 0.359. The van der Waals surface area contributed by atoms with E-state index in [1.165, 1.54) is 25.9 Å². The average Bonchev–Trinajstić information content (AvgIpc) is 3.31. The van der Waals surface area contributed by atoms with Crippen LogP contribution in [0.5, 0.6) is 0 Å². The fourth-order valence-corrected chi connectivity index (χ4v) is 3.30. The molecule has 6 heteroatoms. The maximum Gasteiger partial charge on any atom is 0.191 e. The Labute approximate surface area is 158 Å². The zero-order valence-electron chi connectivity index (χ0n) is 16.7. The van der Waals surface area contributed by atoms with Crippen LogP contribution < -0.4 is 10.6 Å². The molecule has 0 bridgehead atoms. The number of nitrogens with one attached hydrogen (secondary N) is 2. The lowest BCUT2D eigenvalue weighted by molar-refractivity contribution is 0.105. The Morgan fingerprint density at radius 2 is 2.12 bits per heavy atom. The Kier molecular flexibility index (Phi) is 9.56. The topological polar surface area (TPSA) is 62.0 Å². The molecule has 2 rings (SSSR count). The lowest BCUT2D eigenvalue weighted by Crippen LogP contribution is -2.42.